The van der Waals surface area contributed by atoms with Gasteiger partial charge in [-0.25, -0.2) is 0 Å². The molecule has 1 aromatic rings. The zero-order valence-electron chi connectivity index (χ0n) is 15.3. The Morgan fingerprint density at radius 2 is 1.96 bits per heavy atom. The van der Waals surface area contributed by atoms with Gasteiger partial charge in [-0.05, 0) is 32.8 Å². The van der Waals surface area contributed by atoms with Crippen molar-refractivity contribution in [3.8, 4) is 0 Å². The Morgan fingerprint density at radius 1 is 1.19 bits per heavy atom. The van der Waals surface area contributed by atoms with Gasteiger partial charge in [0.25, 0.3) is 5.91 Å². The zero-order chi connectivity index (χ0) is 18.3. The van der Waals surface area contributed by atoms with E-state index in [0.717, 1.165) is 25.7 Å². The second-order valence-electron chi connectivity index (χ2n) is 7.90. The van der Waals surface area contributed by atoms with Crippen LogP contribution in [0, 0.1) is 0 Å². The Bertz CT molecular complexity index is 665. The van der Waals surface area contributed by atoms with Crippen LogP contribution in [-0.2, 0) is 14.3 Å². The van der Waals surface area contributed by atoms with Gasteiger partial charge in [0.2, 0.25) is 5.91 Å². The molecule has 4 rings (SSSR count). The highest BCUT2D eigenvalue weighted by molar-refractivity contribution is 5.98. The van der Waals surface area contributed by atoms with Crippen LogP contribution in [0.3, 0.4) is 0 Å². The number of hydrogen-bond acceptors (Lipinski definition) is 5. The lowest BCUT2D eigenvalue weighted by molar-refractivity contribution is -0.162. The minimum absolute atomic E-state index is 0.150. The second kappa shape index (κ2) is 6.70. The van der Waals surface area contributed by atoms with Crippen molar-refractivity contribution in [2.75, 3.05) is 6.54 Å². The van der Waals surface area contributed by atoms with Crippen molar-refractivity contribution in [2.24, 2.45) is 0 Å². The van der Waals surface area contributed by atoms with Crippen molar-refractivity contribution in [1.82, 2.24) is 10.2 Å². The molecule has 2 amide bonds. The lowest BCUT2D eigenvalue weighted by atomic mass is 9.95. The van der Waals surface area contributed by atoms with Crippen molar-refractivity contribution in [3.63, 3.8) is 0 Å². The first-order valence-corrected chi connectivity index (χ1v) is 9.44. The van der Waals surface area contributed by atoms with E-state index in [-0.39, 0.29) is 24.0 Å². The van der Waals surface area contributed by atoms with E-state index in [1.54, 1.807) is 11.0 Å². The van der Waals surface area contributed by atoms with Gasteiger partial charge < -0.3 is 24.1 Å². The number of fused-ring (bicyclic) bond motifs is 1. The molecule has 7 nitrogen and oxygen atoms in total. The molecule has 3 aliphatic rings. The number of carbonyl (C=O) groups excluding carboxylic acids is 2. The average Bonchev–Trinajstić information content (AvgIpc) is 3.29. The molecule has 2 aliphatic heterocycles. The van der Waals surface area contributed by atoms with Crippen LogP contribution < -0.4 is 5.32 Å². The van der Waals surface area contributed by atoms with E-state index in [9.17, 15) is 9.59 Å². The van der Waals surface area contributed by atoms with Gasteiger partial charge in [-0.15, -0.1) is 0 Å². The molecule has 0 bridgehead atoms. The number of nitrogens with zero attached hydrogens (tertiary/aromatic N) is 1. The van der Waals surface area contributed by atoms with Crippen LogP contribution in [0.25, 0.3) is 0 Å². The third-order valence-corrected chi connectivity index (χ3v) is 5.49. The molecule has 0 spiro atoms. The first-order chi connectivity index (χ1) is 12.4. The first-order valence-electron chi connectivity index (χ1n) is 9.44. The Morgan fingerprint density at radius 3 is 2.65 bits per heavy atom. The van der Waals surface area contributed by atoms with E-state index in [1.807, 2.05) is 13.8 Å². The van der Waals surface area contributed by atoms with Crippen LogP contribution in [0.5, 0.6) is 0 Å². The molecule has 7 heteroatoms. The van der Waals surface area contributed by atoms with Gasteiger partial charge in [-0.3, -0.25) is 9.59 Å². The van der Waals surface area contributed by atoms with Crippen LogP contribution >= 0.6 is 0 Å². The smallest absolute Gasteiger partial charge is 0.257 e. The SMILES string of the molecule is CC1(C)O[C@H]2[C@H](CN(C(=O)c3ccoc3)[C@@H]2C(=O)NC2CCCCC2)O1. The molecule has 0 aromatic carbocycles. The molecule has 0 radical (unpaired) electrons. The number of ether oxygens (including phenoxy) is 2. The second-order valence-corrected chi connectivity index (χ2v) is 7.90. The molecule has 1 saturated carbocycles. The van der Waals surface area contributed by atoms with E-state index in [1.165, 1.54) is 18.9 Å². The fourth-order valence-corrected chi connectivity index (χ4v) is 4.34. The maximum Gasteiger partial charge on any atom is 0.257 e. The number of hydrogen-bond donors (Lipinski definition) is 1. The van der Waals surface area contributed by atoms with Gasteiger partial charge in [-0.2, -0.15) is 0 Å². The zero-order valence-corrected chi connectivity index (χ0v) is 15.3. The van der Waals surface area contributed by atoms with Gasteiger partial charge in [0.15, 0.2) is 5.79 Å². The summed E-state index contributed by atoms with van der Waals surface area (Å²) in [4.78, 5) is 27.5. The van der Waals surface area contributed by atoms with E-state index < -0.39 is 17.9 Å². The van der Waals surface area contributed by atoms with Gasteiger partial charge >= 0.3 is 0 Å². The van der Waals surface area contributed by atoms with Crippen LogP contribution in [0.1, 0.15) is 56.3 Å². The highest BCUT2D eigenvalue weighted by atomic mass is 16.8. The molecule has 3 atom stereocenters. The number of likely N-dealkylation sites (tertiary alicyclic amines) is 1. The van der Waals surface area contributed by atoms with Crippen LogP contribution in [-0.4, -0.2) is 53.3 Å². The molecule has 26 heavy (non-hydrogen) atoms. The van der Waals surface area contributed by atoms with Crippen LogP contribution in [0.4, 0.5) is 0 Å². The predicted octanol–water partition coefficient (Wildman–Crippen LogP) is 2.07. The Hall–Kier alpha value is -1.86. The molecular weight excluding hydrogens is 336 g/mol. The average molecular weight is 362 g/mol. The number of furan rings is 1. The molecule has 3 heterocycles. The minimum Gasteiger partial charge on any atom is -0.472 e. The molecule has 3 fully saturated rings. The third-order valence-electron chi connectivity index (χ3n) is 5.49. The first kappa shape index (κ1) is 17.5. The standard InChI is InChI=1S/C19H26N2O5/c1-19(2)25-14-10-21(18(23)12-8-9-24-11-12)15(16(14)26-19)17(22)20-13-6-4-3-5-7-13/h8-9,11,13-16H,3-7,10H2,1-2H3,(H,20,22)/t14-,15-,16-/m0/s1. The van der Waals surface area contributed by atoms with E-state index in [4.69, 9.17) is 13.9 Å². The van der Waals surface area contributed by atoms with Gasteiger partial charge in [0.05, 0.1) is 18.4 Å². The summed E-state index contributed by atoms with van der Waals surface area (Å²) in [5.41, 5.74) is 0.430. The summed E-state index contributed by atoms with van der Waals surface area (Å²) in [7, 11) is 0. The lowest BCUT2D eigenvalue weighted by Gasteiger charge is -2.31. The summed E-state index contributed by atoms with van der Waals surface area (Å²) < 4.78 is 16.9. The number of nitrogens with one attached hydrogen (secondary N) is 1. The lowest BCUT2D eigenvalue weighted by Crippen LogP contribution is -2.53. The topological polar surface area (TPSA) is 81.0 Å². The molecule has 1 aliphatic carbocycles. The van der Waals surface area contributed by atoms with Crippen molar-refractivity contribution in [1.29, 1.82) is 0 Å². The predicted molar refractivity (Wildman–Crippen MR) is 92.4 cm³/mol. The van der Waals surface area contributed by atoms with Crippen molar-refractivity contribution >= 4 is 11.8 Å². The number of rotatable bonds is 3. The van der Waals surface area contributed by atoms with Gasteiger partial charge in [0.1, 0.15) is 24.5 Å². The van der Waals surface area contributed by atoms with Crippen molar-refractivity contribution in [3.05, 3.63) is 24.2 Å². The summed E-state index contributed by atoms with van der Waals surface area (Å²) >= 11 is 0. The fraction of sp³-hybridized carbons (Fsp3) is 0.684. The maximum atomic E-state index is 13.1. The summed E-state index contributed by atoms with van der Waals surface area (Å²) in [6, 6.07) is 1.10. The van der Waals surface area contributed by atoms with E-state index >= 15 is 0 Å². The summed E-state index contributed by atoms with van der Waals surface area (Å²) in [6.07, 6.45) is 7.56. The normalized spacial score (nSPS) is 31.0. The van der Waals surface area contributed by atoms with E-state index in [2.05, 4.69) is 5.32 Å². The number of amides is 2. The van der Waals surface area contributed by atoms with Crippen molar-refractivity contribution < 1.29 is 23.5 Å². The monoisotopic (exact) mass is 362 g/mol. The molecule has 1 N–H and O–H groups in total. The van der Waals surface area contributed by atoms with Crippen molar-refractivity contribution in [2.45, 2.75) is 76.0 Å². The van der Waals surface area contributed by atoms with Gasteiger partial charge in [0, 0.05) is 6.04 Å². The van der Waals surface area contributed by atoms with Crippen LogP contribution in [0.15, 0.2) is 23.0 Å². The Kier molecular flexibility index (Phi) is 4.52. The summed E-state index contributed by atoms with van der Waals surface area (Å²) in [6.45, 7) is 4.01. The molecule has 1 aromatic heterocycles. The quantitative estimate of drug-likeness (QED) is 0.890. The molecule has 2 saturated heterocycles. The largest absolute Gasteiger partial charge is 0.472 e. The van der Waals surface area contributed by atoms with Gasteiger partial charge in [-0.1, -0.05) is 19.3 Å². The fourth-order valence-electron chi connectivity index (χ4n) is 4.34. The summed E-state index contributed by atoms with van der Waals surface area (Å²) in [5.74, 6) is -1.13. The minimum atomic E-state index is -0.747. The molecular formula is C19H26N2O5. The van der Waals surface area contributed by atoms with Crippen LogP contribution in [0.2, 0.25) is 0 Å². The molecule has 142 valence electrons. The Labute approximate surface area is 153 Å². The third kappa shape index (κ3) is 3.25. The number of carbonyl (C=O) groups is 2. The highest BCUT2D eigenvalue weighted by Gasteiger charge is 2.56. The highest BCUT2D eigenvalue weighted by Crippen LogP contribution is 2.37. The van der Waals surface area contributed by atoms with E-state index in [0.29, 0.717) is 12.1 Å². The summed E-state index contributed by atoms with van der Waals surface area (Å²) in [5, 5.41) is 3.14. The Balaban J connectivity index is 1.55. The maximum absolute atomic E-state index is 13.1. The molecule has 0 unspecified atom stereocenters.